The zero-order valence-electron chi connectivity index (χ0n) is 42.3. The number of hydrogen-bond acceptors (Lipinski definition) is 12. The quantitative estimate of drug-likeness (QED) is 0.0359. The first kappa shape index (κ1) is 59.1. The molecule has 4 aromatic rings. The lowest BCUT2D eigenvalue weighted by atomic mass is 9.82. The van der Waals surface area contributed by atoms with Gasteiger partial charge < -0.3 is 40.7 Å². The Morgan fingerprint density at radius 1 is 0.844 bits per heavy atom. The molecular weight excluding hydrogens is 1040 g/mol. The van der Waals surface area contributed by atoms with Crippen molar-refractivity contribution in [1.82, 2.24) is 46.5 Å². The topological polar surface area (TPSA) is 204 Å². The molecule has 2 aromatic heterocycles. The number of hydrazine groups is 1. The number of aliphatic hydroxyl groups is 1. The Morgan fingerprint density at radius 2 is 1.44 bits per heavy atom. The molecule has 2 aliphatic heterocycles. The van der Waals surface area contributed by atoms with Crippen LogP contribution in [0.25, 0.3) is 11.3 Å². The number of ether oxygens (including phenoxy) is 2. The molecule has 0 unspecified atom stereocenters. The largest absolute Gasteiger partial charge is 0.453 e. The van der Waals surface area contributed by atoms with E-state index in [9.17, 15) is 59.4 Å². The fourth-order valence-corrected chi connectivity index (χ4v) is 8.47. The Kier molecular flexibility index (Phi) is 18.4. The third-order valence-electron chi connectivity index (χ3n) is 13.3. The van der Waals surface area contributed by atoms with Gasteiger partial charge in [0, 0.05) is 80.0 Å². The molecule has 2 aromatic carbocycles. The second-order valence-corrected chi connectivity index (χ2v) is 19.6. The maximum Gasteiger partial charge on any atom is 0.407 e. The average Bonchev–Trinajstić information content (AvgIpc) is 4.00. The molecule has 4 amide bonds. The van der Waals surface area contributed by atoms with Gasteiger partial charge in [0.25, 0.3) is 5.91 Å². The maximum absolute atomic E-state index is 16.0. The number of methoxy groups -OCH3 is 1. The zero-order valence-corrected chi connectivity index (χ0v) is 42.3. The third kappa shape index (κ3) is 14.5. The summed E-state index contributed by atoms with van der Waals surface area (Å²) in [5.41, 5.74) is -4.54. The summed E-state index contributed by atoms with van der Waals surface area (Å²) >= 11 is 0. The molecule has 2 aliphatic rings. The van der Waals surface area contributed by atoms with Crippen molar-refractivity contribution in [2.75, 3.05) is 38.7 Å². The first-order chi connectivity index (χ1) is 36.0. The summed E-state index contributed by atoms with van der Waals surface area (Å²) in [4.78, 5) is 59.5. The first-order valence-corrected chi connectivity index (χ1v) is 23.8. The third-order valence-corrected chi connectivity index (χ3v) is 13.3. The molecule has 17 nitrogen and oxygen atoms in total. The van der Waals surface area contributed by atoms with Crippen LogP contribution in [-0.4, -0.2) is 131 Å². The predicted molar refractivity (Wildman–Crippen MR) is 256 cm³/mol. The Labute approximate surface area is 435 Å². The van der Waals surface area contributed by atoms with Gasteiger partial charge in [-0.25, -0.2) is 33.0 Å². The Morgan fingerprint density at radius 3 is 1.97 bits per heavy atom. The van der Waals surface area contributed by atoms with Gasteiger partial charge in [-0.15, -0.1) is 0 Å². The van der Waals surface area contributed by atoms with Gasteiger partial charge in [0.15, 0.2) is 6.10 Å². The number of fused-ring (bicyclic) bond motifs is 2. The van der Waals surface area contributed by atoms with Crippen LogP contribution in [0.15, 0.2) is 67.0 Å². The molecule has 0 spiro atoms. The normalized spacial score (nSPS) is 17.4. The predicted octanol–water partition coefficient (Wildman–Crippen LogP) is 6.51. The molecule has 6 rings (SSSR count). The minimum Gasteiger partial charge on any atom is -0.453 e. The van der Waals surface area contributed by atoms with E-state index in [0.29, 0.717) is 68.0 Å². The number of nitrogens with one attached hydrogen (secondary N) is 5. The van der Waals surface area contributed by atoms with E-state index in [2.05, 4.69) is 42.2 Å². The standard InChI is InChI=1S/C50H56F10N10O7/c1-47(2,49(55,56)57)40(65-46(75)76-6)42(72)64-37(19-28-10-7-27(8-11-28)9-12-29-13-16-39(62-22-29)68-23-31-14-15-32(24-68)63-31)38(71)26-69(67-43(73)41(77-45(74)61-5)48(3,4)50(58,59)60)25-33-34(51)20-30(21-35(33)52)36-17-18-70(66-36)44(53)54/h7-8,10-11,13,16-18,20-22,31-32,37-38,40-41,44,63,71H,14-15,19,23-26H2,1-6H3,(H,61,74)(H,64,72)(H,65,75)(H,67,73)/t31-,32-,37-,38-,40+,41+/m0/s1. The maximum atomic E-state index is 16.0. The van der Waals surface area contributed by atoms with Crippen molar-refractivity contribution in [3.63, 3.8) is 0 Å². The van der Waals surface area contributed by atoms with Crippen molar-refractivity contribution < 1.29 is 77.7 Å². The van der Waals surface area contributed by atoms with Crippen LogP contribution >= 0.6 is 0 Å². The van der Waals surface area contributed by atoms with Gasteiger partial charge >= 0.3 is 31.1 Å². The summed E-state index contributed by atoms with van der Waals surface area (Å²) in [5.74, 6) is 0.643. The number of hydrogen-bond donors (Lipinski definition) is 6. The number of piperazine rings is 1. The first-order valence-electron chi connectivity index (χ1n) is 23.8. The number of aromatic nitrogens is 3. The Hall–Kier alpha value is -7.18. The summed E-state index contributed by atoms with van der Waals surface area (Å²) in [6.07, 6.45) is -14.2. The van der Waals surface area contributed by atoms with Crippen molar-refractivity contribution >= 4 is 29.8 Å². The Balaban J connectivity index is 1.34. The van der Waals surface area contributed by atoms with E-state index in [4.69, 9.17) is 4.74 Å². The van der Waals surface area contributed by atoms with Crippen molar-refractivity contribution in [2.45, 2.75) is 109 Å². The number of aliphatic hydroxyl groups excluding tert-OH is 1. The van der Waals surface area contributed by atoms with Crippen LogP contribution in [0.4, 0.5) is 59.3 Å². The van der Waals surface area contributed by atoms with Crippen molar-refractivity contribution in [1.29, 1.82) is 0 Å². The molecule has 418 valence electrons. The van der Waals surface area contributed by atoms with Gasteiger partial charge in [0.05, 0.1) is 30.4 Å². The second kappa shape index (κ2) is 24.0. The fourth-order valence-electron chi connectivity index (χ4n) is 8.47. The van der Waals surface area contributed by atoms with E-state index in [-0.39, 0.29) is 21.5 Å². The number of carbonyl (C=O) groups excluding carboxylic acids is 4. The van der Waals surface area contributed by atoms with Gasteiger partial charge in [0.2, 0.25) is 5.91 Å². The van der Waals surface area contributed by atoms with Crippen LogP contribution in [0.3, 0.4) is 0 Å². The molecule has 0 saturated carbocycles. The molecule has 2 bridgehead atoms. The van der Waals surface area contributed by atoms with E-state index in [1.165, 1.54) is 24.3 Å². The molecular formula is C50H56F10N10O7. The molecule has 4 heterocycles. The lowest BCUT2D eigenvalue weighted by Crippen LogP contribution is -2.62. The summed E-state index contributed by atoms with van der Waals surface area (Å²) in [5, 5.41) is 25.7. The van der Waals surface area contributed by atoms with Crippen molar-refractivity contribution in [3.05, 3.63) is 101 Å². The Bertz CT molecular complexity index is 2770. The molecule has 77 heavy (non-hydrogen) atoms. The SMILES string of the molecule is CNC(=O)O[C@H](C(=O)NN(Cc1c(F)cc(-c2ccn(C(F)F)n2)cc1F)C[C@H](O)[C@H](Cc1ccc(C#Cc2ccc(N3C[C@@H]4CC[C@@H](C3)N4)nc2)cc1)NC(=O)[C@@H](NC(=O)OC)C(C)(C)C(F)(F)F)C(C)(C)C(F)(F)F. The molecule has 2 saturated heterocycles. The summed E-state index contributed by atoms with van der Waals surface area (Å²) < 4.78 is 155. The average molecular weight is 1100 g/mol. The number of anilines is 1. The highest BCUT2D eigenvalue weighted by molar-refractivity contribution is 5.87. The number of nitrogens with zero attached hydrogens (tertiary/aromatic N) is 5. The molecule has 6 N–H and O–H groups in total. The highest BCUT2D eigenvalue weighted by Crippen LogP contribution is 2.43. The van der Waals surface area contributed by atoms with E-state index in [1.54, 1.807) is 6.20 Å². The summed E-state index contributed by atoms with van der Waals surface area (Å²) in [6.45, 7) is -1.57. The molecule has 0 aliphatic carbocycles. The van der Waals surface area contributed by atoms with Crippen molar-refractivity contribution in [2.24, 2.45) is 10.8 Å². The van der Waals surface area contributed by atoms with E-state index in [1.807, 2.05) is 28.2 Å². The number of rotatable bonds is 18. The second-order valence-electron chi connectivity index (χ2n) is 19.6. The van der Waals surface area contributed by atoms with Crippen LogP contribution in [-0.2, 0) is 32.0 Å². The monoisotopic (exact) mass is 1100 g/mol. The molecule has 2 fully saturated rings. The number of alkyl halides is 8. The molecule has 27 heteroatoms. The minimum atomic E-state index is -5.26. The number of amides is 4. The van der Waals surface area contributed by atoms with Gasteiger partial charge in [-0.3, -0.25) is 15.0 Å². The van der Waals surface area contributed by atoms with Crippen LogP contribution in [0.1, 0.15) is 69.3 Å². The lowest BCUT2D eigenvalue weighted by molar-refractivity contribution is -0.239. The number of benzene rings is 2. The van der Waals surface area contributed by atoms with Gasteiger partial charge in [-0.2, -0.15) is 40.2 Å². The smallest absolute Gasteiger partial charge is 0.407 e. The van der Waals surface area contributed by atoms with Gasteiger partial charge in [-0.1, -0.05) is 24.0 Å². The minimum absolute atomic E-state index is 0.196. The van der Waals surface area contributed by atoms with Crippen molar-refractivity contribution in [3.8, 4) is 23.1 Å². The lowest BCUT2D eigenvalue weighted by Gasteiger charge is -2.37. The van der Waals surface area contributed by atoms with E-state index >= 15 is 8.78 Å². The highest BCUT2D eigenvalue weighted by Gasteiger charge is 2.58. The fraction of sp³-hybridized carbons (Fsp3) is 0.480. The van der Waals surface area contributed by atoms with Crippen LogP contribution in [0, 0.1) is 34.3 Å². The zero-order chi connectivity index (χ0) is 56.8. The number of pyridine rings is 1. The number of alkyl carbamates (subject to hydrolysis) is 2. The summed E-state index contributed by atoms with van der Waals surface area (Å²) in [7, 11) is 1.79. The number of carbonyl (C=O) groups is 4. The molecule has 6 atom stereocenters. The van der Waals surface area contributed by atoms with Crippen LogP contribution < -0.4 is 31.6 Å². The molecule has 0 radical (unpaired) electrons. The number of halogens is 10. The van der Waals surface area contributed by atoms with Gasteiger partial charge in [-0.05, 0) is 95.0 Å². The summed E-state index contributed by atoms with van der Waals surface area (Å²) in [6, 6.07) is 8.62. The van der Waals surface area contributed by atoms with E-state index in [0.717, 1.165) is 58.2 Å². The van der Waals surface area contributed by atoms with Gasteiger partial charge in [0.1, 0.15) is 28.9 Å². The van der Waals surface area contributed by atoms with Crippen LogP contribution in [0.2, 0.25) is 0 Å². The van der Waals surface area contributed by atoms with E-state index < -0.39 is 115 Å². The highest BCUT2D eigenvalue weighted by atomic mass is 19.4. The van der Waals surface area contributed by atoms with Crippen LogP contribution in [0.5, 0.6) is 0 Å².